The van der Waals surface area contributed by atoms with Crippen LogP contribution in [0.1, 0.15) is 20.8 Å². The summed E-state index contributed by atoms with van der Waals surface area (Å²) >= 11 is 0. The van der Waals surface area contributed by atoms with Gasteiger partial charge in [0.2, 0.25) is 5.91 Å². The molecule has 0 saturated carbocycles. The minimum Gasteiger partial charge on any atom is -0.338 e. The van der Waals surface area contributed by atoms with E-state index in [1.807, 2.05) is 4.90 Å². The molecule has 0 aromatic heterocycles. The molecule has 2 rings (SSSR count). The molecule has 2 fully saturated rings. The topological polar surface area (TPSA) is 38.8 Å². The van der Waals surface area contributed by atoms with Crippen molar-refractivity contribution in [3.8, 4) is 0 Å². The molecule has 0 aromatic rings. The molecule has 2 aliphatic rings. The SMILES string of the molecule is CC(C(=O)N1CCN(C)C(C)(C)C1)N1CCNCC1. The zero-order chi connectivity index (χ0) is 14.0. The minimum absolute atomic E-state index is 0.0151. The lowest BCUT2D eigenvalue weighted by Crippen LogP contribution is -2.62. The molecular formula is C14H28N4O. The van der Waals surface area contributed by atoms with Crippen molar-refractivity contribution in [3.63, 3.8) is 0 Å². The number of nitrogens with zero attached hydrogens (tertiary/aromatic N) is 3. The van der Waals surface area contributed by atoms with Crippen LogP contribution in [0.4, 0.5) is 0 Å². The van der Waals surface area contributed by atoms with Gasteiger partial charge >= 0.3 is 0 Å². The highest BCUT2D eigenvalue weighted by atomic mass is 16.2. The van der Waals surface area contributed by atoms with Gasteiger partial charge in [-0.05, 0) is 27.8 Å². The van der Waals surface area contributed by atoms with Crippen molar-refractivity contribution in [1.29, 1.82) is 0 Å². The molecule has 2 aliphatic heterocycles. The second-order valence-electron chi connectivity index (χ2n) is 6.46. The molecule has 0 radical (unpaired) electrons. The Morgan fingerprint density at radius 3 is 2.37 bits per heavy atom. The van der Waals surface area contributed by atoms with Crippen molar-refractivity contribution in [2.24, 2.45) is 0 Å². The zero-order valence-electron chi connectivity index (χ0n) is 12.8. The van der Waals surface area contributed by atoms with Crippen LogP contribution in [0.15, 0.2) is 0 Å². The molecule has 0 spiro atoms. The summed E-state index contributed by atoms with van der Waals surface area (Å²) in [5.41, 5.74) is 0.0804. The third-order valence-corrected chi connectivity index (χ3v) is 4.68. The van der Waals surface area contributed by atoms with Crippen molar-refractivity contribution in [1.82, 2.24) is 20.0 Å². The average Bonchev–Trinajstić information content (AvgIpc) is 2.41. The molecule has 0 bridgehead atoms. The summed E-state index contributed by atoms with van der Waals surface area (Å²) in [5, 5.41) is 3.33. The van der Waals surface area contributed by atoms with Crippen molar-refractivity contribution in [3.05, 3.63) is 0 Å². The molecular weight excluding hydrogens is 240 g/mol. The van der Waals surface area contributed by atoms with Crippen LogP contribution in [0.25, 0.3) is 0 Å². The number of carbonyl (C=O) groups is 1. The molecule has 2 saturated heterocycles. The van der Waals surface area contributed by atoms with Gasteiger partial charge in [0.1, 0.15) is 0 Å². The Bertz CT molecular complexity index is 325. The largest absolute Gasteiger partial charge is 0.338 e. The Balaban J connectivity index is 1.95. The summed E-state index contributed by atoms with van der Waals surface area (Å²) in [7, 11) is 2.14. The molecule has 5 nitrogen and oxygen atoms in total. The molecule has 19 heavy (non-hydrogen) atoms. The fourth-order valence-electron chi connectivity index (χ4n) is 2.92. The van der Waals surface area contributed by atoms with Crippen LogP contribution in [0.2, 0.25) is 0 Å². The highest BCUT2D eigenvalue weighted by molar-refractivity contribution is 5.81. The molecule has 1 N–H and O–H groups in total. The first-order valence-electron chi connectivity index (χ1n) is 7.36. The number of amides is 1. The monoisotopic (exact) mass is 268 g/mol. The average molecular weight is 268 g/mol. The predicted molar refractivity (Wildman–Crippen MR) is 77.2 cm³/mol. The van der Waals surface area contributed by atoms with Gasteiger partial charge in [0, 0.05) is 51.4 Å². The van der Waals surface area contributed by atoms with Gasteiger partial charge in [-0.25, -0.2) is 0 Å². The smallest absolute Gasteiger partial charge is 0.239 e. The Hall–Kier alpha value is -0.650. The lowest BCUT2D eigenvalue weighted by Gasteiger charge is -2.46. The normalized spacial score (nSPS) is 27.3. The first kappa shape index (κ1) is 14.8. The van der Waals surface area contributed by atoms with Gasteiger partial charge in [0.05, 0.1) is 6.04 Å². The first-order chi connectivity index (χ1) is 8.92. The Labute approximate surface area is 116 Å². The summed E-state index contributed by atoms with van der Waals surface area (Å²) in [4.78, 5) is 19.3. The van der Waals surface area contributed by atoms with Gasteiger partial charge < -0.3 is 10.2 Å². The summed E-state index contributed by atoms with van der Waals surface area (Å²) < 4.78 is 0. The van der Waals surface area contributed by atoms with Gasteiger partial charge in [0.25, 0.3) is 0 Å². The molecule has 0 aliphatic carbocycles. The fourth-order valence-corrected chi connectivity index (χ4v) is 2.92. The van der Waals surface area contributed by atoms with Crippen LogP contribution in [-0.4, -0.2) is 85.0 Å². The first-order valence-corrected chi connectivity index (χ1v) is 7.36. The van der Waals surface area contributed by atoms with E-state index >= 15 is 0 Å². The van der Waals surface area contributed by atoms with E-state index in [0.29, 0.717) is 5.91 Å². The van der Waals surface area contributed by atoms with E-state index < -0.39 is 0 Å². The standard InChI is InChI=1S/C14H28N4O/c1-12(17-7-5-15-6-8-17)13(19)18-10-9-16(4)14(2,3)11-18/h12,15H,5-11H2,1-4H3. The molecule has 1 atom stereocenters. The van der Waals surface area contributed by atoms with E-state index in [4.69, 9.17) is 0 Å². The molecule has 1 unspecified atom stereocenters. The maximum Gasteiger partial charge on any atom is 0.239 e. The van der Waals surface area contributed by atoms with E-state index in [1.165, 1.54) is 0 Å². The quantitative estimate of drug-likeness (QED) is 0.755. The summed E-state index contributed by atoms with van der Waals surface area (Å²) in [6.45, 7) is 13.1. The highest BCUT2D eigenvalue weighted by Crippen LogP contribution is 2.20. The van der Waals surface area contributed by atoms with E-state index in [1.54, 1.807) is 0 Å². The van der Waals surface area contributed by atoms with Crippen molar-refractivity contribution in [2.45, 2.75) is 32.4 Å². The molecule has 2 heterocycles. The molecule has 110 valence electrons. The van der Waals surface area contributed by atoms with Gasteiger partial charge in [-0.1, -0.05) is 0 Å². The van der Waals surface area contributed by atoms with E-state index in [0.717, 1.165) is 45.8 Å². The van der Waals surface area contributed by atoms with Gasteiger partial charge in [-0.15, -0.1) is 0 Å². The van der Waals surface area contributed by atoms with E-state index in [2.05, 4.69) is 42.9 Å². The lowest BCUT2D eigenvalue weighted by molar-refractivity contribution is -0.141. The lowest BCUT2D eigenvalue weighted by atomic mass is 9.99. The number of piperazine rings is 2. The van der Waals surface area contributed by atoms with E-state index in [9.17, 15) is 4.79 Å². The number of carbonyl (C=O) groups excluding carboxylic acids is 1. The number of nitrogens with one attached hydrogen (secondary N) is 1. The Morgan fingerprint density at radius 2 is 1.79 bits per heavy atom. The van der Waals surface area contributed by atoms with Crippen molar-refractivity contribution in [2.75, 3.05) is 52.9 Å². The fraction of sp³-hybridized carbons (Fsp3) is 0.929. The number of hydrogen-bond donors (Lipinski definition) is 1. The van der Waals surface area contributed by atoms with Crippen LogP contribution in [-0.2, 0) is 4.79 Å². The van der Waals surface area contributed by atoms with Crippen molar-refractivity contribution >= 4 is 5.91 Å². The van der Waals surface area contributed by atoms with E-state index in [-0.39, 0.29) is 11.6 Å². The van der Waals surface area contributed by atoms with Crippen LogP contribution >= 0.6 is 0 Å². The summed E-state index contributed by atoms with van der Waals surface area (Å²) in [6, 6.07) is 0.0151. The third-order valence-electron chi connectivity index (χ3n) is 4.68. The van der Waals surface area contributed by atoms with Crippen LogP contribution in [0.3, 0.4) is 0 Å². The molecule has 5 heteroatoms. The van der Waals surface area contributed by atoms with Gasteiger partial charge in [0.15, 0.2) is 0 Å². The van der Waals surface area contributed by atoms with Crippen molar-refractivity contribution < 1.29 is 4.79 Å². The maximum absolute atomic E-state index is 12.6. The minimum atomic E-state index is 0.0151. The zero-order valence-corrected chi connectivity index (χ0v) is 12.8. The maximum atomic E-state index is 12.6. The number of rotatable bonds is 2. The second-order valence-corrected chi connectivity index (χ2v) is 6.46. The predicted octanol–water partition coefficient (Wildman–Crippen LogP) is -0.167. The Morgan fingerprint density at radius 1 is 1.16 bits per heavy atom. The molecule has 1 amide bonds. The highest BCUT2D eigenvalue weighted by Gasteiger charge is 2.35. The van der Waals surface area contributed by atoms with Crippen LogP contribution in [0.5, 0.6) is 0 Å². The Kier molecular flexibility index (Phi) is 4.48. The second kappa shape index (κ2) is 5.77. The summed E-state index contributed by atoms with van der Waals surface area (Å²) in [6.07, 6.45) is 0. The van der Waals surface area contributed by atoms with Gasteiger partial charge in [-0.3, -0.25) is 14.6 Å². The van der Waals surface area contributed by atoms with Crippen LogP contribution < -0.4 is 5.32 Å². The summed E-state index contributed by atoms with van der Waals surface area (Å²) in [5.74, 6) is 0.295. The van der Waals surface area contributed by atoms with Gasteiger partial charge in [-0.2, -0.15) is 0 Å². The number of hydrogen-bond acceptors (Lipinski definition) is 4. The molecule has 0 aromatic carbocycles. The number of likely N-dealkylation sites (N-methyl/N-ethyl adjacent to an activating group) is 1. The van der Waals surface area contributed by atoms with Crippen LogP contribution in [0, 0.1) is 0 Å². The third kappa shape index (κ3) is 3.27.